The summed E-state index contributed by atoms with van der Waals surface area (Å²) in [4.78, 5) is 0.0217. The first-order valence-corrected chi connectivity index (χ1v) is 11.4. The van der Waals surface area contributed by atoms with Crippen LogP contribution >= 0.6 is 0 Å². The summed E-state index contributed by atoms with van der Waals surface area (Å²) in [5.74, 6) is -0.00571. The molecule has 1 saturated heterocycles. The Morgan fingerprint density at radius 3 is 2.24 bits per heavy atom. The number of methoxy groups -OCH3 is 1. The van der Waals surface area contributed by atoms with Crippen LogP contribution in [0, 0.1) is 13.8 Å². The number of ether oxygens (including phenoxy) is 1. The zero-order chi connectivity index (χ0) is 18.7. The summed E-state index contributed by atoms with van der Waals surface area (Å²) in [5, 5.41) is 0. The molecule has 0 radical (unpaired) electrons. The molecule has 0 spiro atoms. The number of nitrogens with zero attached hydrogens (tertiary/aromatic N) is 1. The zero-order valence-corrected chi connectivity index (χ0v) is 16.5. The number of hydrogen-bond donors (Lipinski definition) is 1. The molecule has 25 heavy (non-hydrogen) atoms. The summed E-state index contributed by atoms with van der Waals surface area (Å²) >= 11 is 0. The third-order valence-corrected chi connectivity index (χ3v) is 7.78. The molecule has 1 heterocycles. The third-order valence-electron chi connectivity index (χ3n) is 4.43. The number of sulfonamides is 2. The first-order chi connectivity index (χ1) is 11.7. The van der Waals surface area contributed by atoms with Crippen molar-refractivity contribution in [1.82, 2.24) is 9.03 Å². The van der Waals surface area contributed by atoms with Gasteiger partial charge < -0.3 is 4.74 Å². The van der Waals surface area contributed by atoms with Gasteiger partial charge in [0.1, 0.15) is 10.6 Å². The summed E-state index contributed by atoms with van der Waals surface area (Å²) in [7, 11) is -5.89. The van der Waals surface area contributed by atoms with Crippen molar-refractivity contribution < 1.29 is 21.6 Å². The Kier molecular flexibility index (Phi) is 6.47. The van der Waals surface area contributed by atoms with E-state index in [1.54, 1.807) is 6.07 Å². The highest BCUT2D eigenvalue weighted by atomic mass is 32.2. The first-order valence-electron chi connectivity index (χ1n) is 8.30. The molecule has 0 amide bonds. The lowest BCUT2D eigenvalue weighted by Crippen LogP contribution is -2.40. The second kappa shape index (κ2) is 8.03. The van der Waals surface area contributed by atoms with Gasteiger partial charge in [-0.3, -0.25) is 0 Å². The Hall–Kier alpha value is -1.16. The molecule has 0 bridgehead atoms. The predicted octanol–water partition coefficient (Wildman–Crippen LogP) is 1.41. The molecule has 142 valence electrons. The number of aryl methyl sites for hydroxylation is 2. The van der Waals surface area contributed by atoms with Gasteiger partial charge in [-0.25, -0.2) is 25.9 Å². The molecular formula is C16H26N2O5S2. The fraction of sp³-hybridized carbons (Fsp3) is 0.625. The van der Waals surface area contributed by atoms with E-state index in [1.165, 1.54) is 17.5 Å². The van der Waals surface area contributed by atoms with Crippen LogP contribution in [0.15, 0.2) is 17.0 Å². The average Bonchev–Trinajstić information content (AvgIpc) is 2.57. The van der Waals surface area contributed by atoms with Crippen molar-refractivity contribution in [1.29, 1.82) is 0 Å². The van der Waals surface area contributed by atoms with E-state index in [-0.39, 0.29) is 22.9 Å². The summed E-state index contributed by atoms with van der Waals surface area (Å²) in [6.07, 6.45) is 2.74. The number of rotatable bonds is 7. The maximum Gasteiger partial charge on any atom is 0.244 e. The van der Waals surface area contributed by atoms with Crippen molar-refractivity contribution in [3.05, 3.63) is 23.3 Å². The lowest BCUT2D eigenvalue weighted by molar-refractivity contribution is 0.346. The van der Waals surface area contributed by atoms with Crippen LogP contribution in [0.1, 0.15) is 30.4 Å². The first kappa shape index (κ1) is 20.2. The van der Waals surface area contributed by atoms with Crippen LogP contribution < -0.4 is 9.46 Å². The maximum atomic E-state index is 12.5. The van der Waals surface area contributed by atoms with Gasteiger partial charge in [-0.05, 0) is 49.9 Å². The van der Waals surface area contributed by atoms with Crippen LogP contribution in [0.4, 0.5) is 0 Å². The van der Waals surface area contributed by atoms with Gasteiger partial charge in [0.25, 0.3) is 0 Å². The quantitative estimate of drug-likeness (QED) is 0.760. The second-order valence-electron chi connectivity index (χ2n) is 6.26. The molecule has 0 saturated carbocycles. The van der Waals surface area contributed by atoms with Gasteiger partial charge >= 0.3 is 0 Å². The van der Waals surface area contributed by atoms with Crippen LogP contribution in [0.3, 0.4) is 0 Å². The number of nitrogens with one attached hydrogen (secondary N) is 1. The Balaban J connectivity index is 2.08. The van der Waals surface area contributed by atoms with Crippen molar-refractivity contribution in [3.63, 3.8) is 0 Å². The van der Waals surface area contributed by atoms with Gasteiger partial charge in [-0.15, -0.1) is 0 Å². The summed E-state index contributed by atoms with van der Waals surface area (Å²) in [6, 6.07) is 3.20. The van der Waals surface area contributed by atoms with Crippen molar-refractivity contribution in [2.24, 2.45) is 0 Å². The van der Waals surface area contributed by atoms with E-state index < -0.39 is 20.0 Å². The predicted molar refractivity (Wildman–Crippen MR) is 96.9 cm³/mol. The van der Waals surface area contributed by atoms with Crippen molar-refractivity contribution in [2.45, 2.75) is 38.0 Å². The molecule has 1 fully saturated rings. The Morgan fingerprint density at radius 2 is 1.64 bits per heavy atom. The minimum atomic E-state index is -3.85. The third kappa shape index (κ3) is 4.93. The lowest BCUT2D eigenvalue weighted by atomic mass is 10.1. The minimum Gasteiger partial charge on any atom is -0.495 e. The van der Waals surface area contributed by atoms with Crippen LogP contribution in [0.2, 0.25) is 0 Å². The molecule has 9 heteroatoms. The summed E-state index contributed by atoms with van der Waals surface area (Å²) in [5.41, 5.74) is 1.74. The van der Waals surface area contributed by atoms with Gasteiger partial charge in [-0.1, -0.05) is 6.42 Å². The van der Waals surface area contributed by atoms with Gasteiger partial charge in [0.05, 0.1) is 12.9 Å². The average molecular weight is 391 g/mol. The molecule has 0 unspecified atom stereocenters. The van der Waals surface area contributed by atoms with Crippen LogP contribution in [0.25, 0.3) is 0 Å². The molecule has 2 rings (SSSR count). The maximum absolute atomic E-state index is 12.5. The highest BCUT2D eigenvalue weighted by Crippen LogP contribution is 2.27. The van der Waals surface area contributed by atoms with Crippen LogP contribution in [-0.4, -0.2) is 53.6 Å². The monoisotopic (exact) mass is 390 g/mol. The number of piperidine rings is 1. The van der Waals surface area contributed by atoms with E-state index in [9.17, 15) is 16.8 Å². The van der Waals surface area contributed by atoms with E-state index in [1.807, 2.05) is 13.8 Å². The van der Waals surface area contributed by atoms with E-state index in [2.05, 4.69) is 4.72 Å². The highest BCUT2D eigenvalue weighted by Gasteiger charge is 2.25. The van der Waals surface area contributed by atoms with Crippen LogP contribution in [0.5, 0.6) is 5.75 Å². The van der Waals surface area contributed by atoms with Crippen LogP contribution in [-0.2, 0) is 20.0 Å². The Labute approximate surface area is 150 Å². The molecule has 1 aromatic carbocycles. The fourth-order valence-electron chi connectivity index (χ4n) is 2.79. The summed E-state index contributed by atoms with van der Waals surface area (Å²) in [6.45, 7) is 4.54. The summed E-state index contributed by atoms with van der Waals surface area (Å²) < 4.78 is 58.7. The molecule has 0 aliphatic carbocycles. The molecule has 0 aromatic heterocycles. The standard InChI is InChI=1S/C16H26N2O5S2/c1-13-11-15(23-3)16(12-14(13)2)25(21,22)17-7-10-24(19,20)18-8-5-4-6-9-18/h11-12,17H,4-10H2,1-3H3. The van der Waals surface area contributed by atoms with E-state index >= 15 is 0 Å². The molecule has 1 aliphatic heterocycles. The highest BCUT2D eigenvalue weighted by molar-refractivity contribution is 7.90. The SMILES string of the molecule is COc1cc(C)c(C)cc1S(=O)(=O)NCCS(=O)(=O)N1CCCCC1. The molecule has 0 atom stereocenters. The lowest BCUT2D eigenvalue weighted by Gasteiger charge is -2.25. The molecule has 1 N–H and O–H groups in total. The fourth-order valence-corrected chi connectivity index (χ4v) is 5.61. The van der Waals surface area contributed by atoms with E-state index in [0.29, 0.717) is 13.1 Å². The molecule has 1 aliphatic rings. The molecule has 7 nitrogen and oxygen atoms in total. The number of benzene rings is 1. The van der Waals surface area contributed by atoms with E-state index in [0.717, 1.165) is 30.4 Å². The molecule has 1 aromatic rings. The Bertz CT molecular complexity index is 813. The molecular weight excluding hydrogens is 364 g/mol. The van der Waals surface area contributed by atoms with Gasteiger partial charge in [0, 0.05) is 19.6 Å². The Morgan fingerprint density at radius 1 is 1.04 bits per heavy atom. The number of hydrogen-bond acceptors (Lipinski definition) is 5. The van der Waals surface area contributed by atoms with Gasteiger partial charge in [0.2, 0.25) is 20.0 Å². The van der Waals surface area contributed by atoms with Gasteiger partial charge in [0.15, 0.2) is 0 Å². The largest absolute Gasteiger partial charge is 0.495 e. The van der Waals surface area contributed by atoms with Crippen molar-refractivity contribution in [2.75, 3.05) is 32.5 Å². The topological polar surface area (TPSA) is 92.8 Å². The van der Waals surface area contributed by atoms with E-state index in [4.69, 9.17) is 4.74 Å². The van der Waals surface area contributed by atoms with Gasteiger partial charge in [-0.2, -0.15) is 0 Å². The minimum absolute atomic E-state index is 0.0217. The zero-order valence-electron chi connectivity index (χ0n) is 14.9. The second-order valence-corrected chi connectivity index (χ2v) is 10.1. The normalized spacial score (nSPS) is 16.8. The van der Waals surface area contributed by atoms with Crippen molar-refractivity contribution >= 4 is 20.0 Å². The van der Waals surface area contributed by atoms with Crippen molar-refractivity contribution in [3.8, 4) is 5.75 Å². The smallest absolute Gasteiger partial charge is 0.244 e.